The van der Waals surface area contributed by atoms with Crippen molar-refractivity contribution in [2.24, 2.45) is 0 Å². The van der Waals surface area contributed by atoms with Gasteiger partial charge in [0.1, 0.15) is 27.1 Å². The smallest absolute Gasteiger partial charge is 0.134 e. The summed E-state index contributed by atoms with van der Waals surface area (Å²) in [4.78, 5) is 0. The molecule has 23 heavy (non-hydrogen) atoms. The Morgan fingerprint density at radius 3 is 2.83 bits per heavy atom. The Labute approximate surface area is 139 Å². The van der Waals surface area contributed by atoms with Gasteiger partial charge in [0.05, 0.1) is 13.2 Å². The van der Waals surface area contributed by atoms with Crippen molar-refractivity contribution in [3.8, 4) is 5.75 Å². The van der Waals surface area contributed by atoms with E-state index in [4.69, 9.17) is 9.15 Å². The lowest BCUT2D eigenvalue weighted by Gasteiger charge is -2.11. The fraction of sp³-hybridized carbons (Fsp3) is 0.412. The predicted molar refractivity (Wildman–Crippen MR) is 92.3 cm³/mol. The number of nitrogens with zero attached hydrogens (tertiary/aromatic N) is 2. The molecule has 0 saturated heterocycles. The van der Waals surface area contributed by atoms with E-state index in [1.54, 1.807) is 18.4 Å². The Kier molecular flexibility index (Phi) is 4.63. The highest BCUT2D eigenvalue weighted by atomic mass is 32.1. The minimum Gasteiger partial charge on any atom is -0.497 e. The fourth-order valence-corrected chi connectivity index (χ4v) is 3.39. The SMILES string of the molecule is COc1ccc2oc(C(C)NCCc3nnc(C)s3)c(C)c2c1. The lowest BCUT2D eigenvalue weighted by Crippen LogP contribution is -2.21. The van der Waals surface area contributed by atoms with Crippen molar-refractivity contribution in [1.82, 2.24) is 15.5 Å². The van der Waals surface area contributed by atoms with E-state index in [-0.39, 0.29) is 6.04 Å². The molecule has 6 heteroatoms. The topological polar surface area (TPSA) is 60.2 Å². The molecular weight excluding hydrogens is 310 g/mol. The summed E-state index contributed by atoms with van der Waals surface area (Å²) in [6, 6.07) is 6.04. The van der Waals surface area contributed by atoms with Crippen molar-refractivity contribution in [1.29, 1.82) is 0 Å². The highest BCUT2D eigenvalue weighted by Crippen LogP contribution is 2.31. The monoisotopic (exact) mass is 331 g/mol. The maximum Gasteiger partial charge on any atom is 0.134 e. The predicted octanol–water partition coefficient (Wildman–Crippen LogP) is 3.80. The lowest BCUT2D eigenvalue weighted by molar-refractivity contribution is 0.415. The Morgan fingerprint density at radius 2 is 2.13 bits per heavy atom. The first-order valence-corrected chi connectivity index (χ1v) is 8.49. The first kappa shape index (κ1) is 16.0. The largest absolute Gasteiger partial charge is 0.497 e. The number of furan rings is 1. The molecule has 3 aromatic rings. The summed E-state index contributed by atoms with van der Waals surface area (Å²) in [7, 11) is 1.68. The number of hydrogen-bond acceptors (Lipinski definition) is 6. The molecule has 0 amide bonds. The highest BCUT2D eigenvalue weighted by Gasteiger charge is 2.17. The van der Waals surface area contributed by atoms with E-state index < -0.39 is 0 Å². The number of rotatable bonds is 6. The van der Waals surface area contributed by atoms with Gasteiger partial charge in [-0.25, -0.2) is 0 Å². The molecule has 5 nitrogen and oxygen atoms in total. The maximum atomic E-state index is 6.02. The second-order valence-electron chi connectivity index (χ2n) is 5.59. The molecule has 0 saturated carbocycles. The van der Waals surface area contributed by atoms with Crippen LogP contribution in [0.25, 0.3) is 11.0 Å². The molecule has 0 spiro atoms. The maximum absolute atomic E-state index is 6.02. The summed E-state index contributed by atoms with van der Waals surface area (Å²) in [6.45, 7) is 7.03. The van der Waals surface area contributed by atoms with E-state index in [2.05, 4.69) is 29.4 Å². The molecule has 0 aliphatic rings. The number of benzene rings is 1. The second kappa shape index (κ2) is 6.68. The zero-order valence-corrected chi connectivity index (χ0v) is 14.7. The van der Waals surface area contributed by atoms with Crippen molar-refractivity contribution in [3.05, 3.63) is 39.5 Å². The molecule has 0 aliphatic carbocycles. The van der Waals surface area contributed by atoms with Crippen molar-refractivity contribution < 1.29 is 9.15 Å². The standard InChI is InChI=1S/C17H21N3O2S/c1-10-14-9-13(21-4)5-6-15(14)22-17(10)11(2)18-8-7-16-20-19-12(3)23-16/h5-6,9,11,18H,7-8H2,1-4H3. The van der Waals surface area contributed by atoms with Crippen LogP contribution < -0.4 is 10.1 Å². The first-order chi connectivity index (χ1) is 11.1. The van der Waals surface area contributed by atoms with Crippen LogP contribution in [-0.2, 0) is 6.42 Å². The molecule has 1 N–H and O–H groups in total. The van der Waals surface area contributed by atoms with Crippen LogP contribution in [0.1, 0.15) is 34.3 Å². The zero-order valence-electron chi connectivity index (χ0n) is 13.8. The molecule has 1 atom stereocenters. The Balaban J connectivity index is 1.70. The molecule has 2 aromatic heterocycles. The Bertz CT molecular complexity index is 809. The molecular formula is C17H21N3O2S. The van der Waals surface area contributed by atoms with Gasteiger partial charge in [-0.2, -0.15) is 0 Å². The average Bonchev–Trinajstić information content (AvgIpc) is 3.11. The van der Waals surface area contributed by atoms with Gasteiger partial charge in [0.25, 0.3) is 0 Å². The minimum absolute atomic E-state index is 0.141. The van der Waals surface area contributed by atoms with Crippen LogP contribution in [0.5, 0.6) is 5.75 Å². The minimum atomic E-state index is 0.141. The number of ether oxygens (including phenoxy) is 1. The normalized spacial score (nSPS) is 12.7. The van der Waals surface area contributed by atoms with Gasteiger partial charge in [0, 0.05) is 23.9 Å². The van der Waals surface area contributed by atoms with Crippen LogP contribution >= 0.6 is 11.3 Å². The zero-order chi connectivity index (χ0) is 16.4. The van der Waals surface area contributed by atoms with Gasteiger partial charge in [-0.1, -0.05) is 0 Å². The van der Waals surface area contributed by atoms with Crippen molar-refractivity contribution in [2.45, 2.75) is 33.2 Å². The van der Waals surface area contributed by atoms with E-state index in [1.165, 1.54) is 0 Å². The average molecular weight is 331 g/mol. The van der Waals surface area contributed by atoms with Gasteiger partial charge in [-0.15, -0.1) is 21.5 Å². The van der Waals surface area contributed by atoms with Gasteiger partial charge in [0.2, 0.25) is 0 Å². The van der Waals surface area contributed by atoms with Crippen LogP contribution in [-0.4, -0.2) is 23.9 Å². The van der Waals surface area contributed by atoms with E-state index in [0.717, 1.165) is 51.0 Å². The Morgan fingerprint density at radius 1 is 1.30 bits per heavy atom. The van der Waals surface area contributed by atoms with Crippen molar-refractivity contribution in [3.63, 3.8) is 0 Å². The molecule has 1 unspecified atom stereocenters. The third kappa shape index (κ3) is 3.38. The molecule has 122 valence electrons. The van der Waals surface area contributed by atoms with Crippen LogP contribution in [0.4, 0.5) is 0 Å². The summed E-state index contributed by atoms with van der Waals surface area (Å²) in [5, 5.41) is 14.9. The van der Waals surface area contributed by atoms with Crippen LogP contribution in [0.15, 0.2) is 22.6 Å². The van der Waals surface area contributed by atoms with Gasteiger partial charge in [-0.3, -0.25) is 0 Å². The molecule has 2 heterocycles. The summed E-state index contributed by atoms with van der Waals surface area (Å²) in [6.07, 6.45) is 0.878. The third-order valence-electron chi connectivity index (χ3n) is 3.93. The van der Waals surface area contributed by atoms with Gasteiger partial charge >= 0.3 is 0 Å². The number of fused-ring (bicyclic) bond motifs is 1. The second-order valence-corrected chi connectivity index (χ2v) is 6.86. The Hall–Kier alpha value is -1.92. The molecule has 3 rings (SSSR count). The lowest BCUT2D eigenvalue weighted by atomic mass is 10.1. The third-order valence-corrected chi connectivity index (χ3v) is 4.83. The van der Waals surface area contributed by atoms with Crippen LogP contribution in [0.2, 0.25) is 0 Å². The van der Waals surface area contributed by atoms with Crippen molar-refractivity contribution in [2.75, 3.05) is 13.7 Å². The number of nitrogens with one attached hydrogen (secondary N) is 1. The van der Waals surface area contributed by atoms with E-state index in [0.29, 0.717) is 0 Å². The number of aromatic nitrogens is 2. The highest BCUT2D eigenvalue weighted by molar-refractivity contribution is 7.11. The quantitative estimate of drug-likeness (QED) is 0.744. The van der Waals surface area contributed by atoms with Crippen LogP contribution in [0, 0.1) is 13.8 Å². The molecule has 0 radical (unpaired) electrons. The number of aryl methyl sites for hydroxylation is 2. The summed E-state index contributed by atoms with van der Waals surface area (Å²) < 4.78 is 11.3. The van der Waals surface area contributed by atoms with E-state index >= 15 is 0 Å². The first-order valence-electron chi connectivity index (χ1n) is 7.68. The molecule has 0 fully saturated rings. The number of hydrogen-bond donors (Lipinski definition) is 1. The molecule has 0 aliphatic heterocycles. The molecule has 1 aromatic carbocycles. The van der Waals surface area contributed by atoms with Crippen LogP contribution in [0.3, 0.4) is 0 Å². The number of methoxy groups -OCH3 is 1. The summed E-state index contributed by atoms with van der Waals surface area (Å²) in [5.74, 6) is 1.82. The molecule has 0 bridgehead atoms. The fourth-order valence-electron chi connectivity index (χ4n) is 2.69. The van der Waals surface area contributed by atoms with Crippen molar-refractivity contribution >= 4 is 22.3 Å². The summed E-state index contributed by atoms with van der Waals surface area (Å²) in [5.41, 5.74) is 2.05. The van der Waals surface area contributed by atoms with Gasteiger partial charge < -0.3 is 14.5 Å². The van der Waals surface area contributed by atoms with E-state index in [9.17, 15) is 0 Å². The van der Waals surface area contributed by atoms with E-state index in [1.807, 2.05) is 25.1 Å². The van der Waals surface area contributed by atoms with Gasteiger partial charge in [-0.05, 0) is 39.0 Å². The summed E-state index contributed by atoms with van der Waals surface area (Å²) >= 11 is 1.65. The van der Waals surface area contributed by atoms with Gasteiger partial charge in [0.15, 0.2) is 0 Å².